The third-order valence-electron chi connectivity index (χ3n) is 9.35. The van der Waals surface area contributed by atoms with E-state index >= 15 is 0 Å². The van der Waals surface area contributed by atoms with Crippen LogP contribution in [0.2, 0.25) is 0 Å². The number of nitrogens with two attached hydrogens (primary N) is 1. The lowest BCUT2D eigenvalue weighted by Gasteiger charge is -2.50. The Morgan fingerprint density at radius 2 is 1.57 bits per heavy atom. The van der Waals surface area contributed by atoms with Gasteiger partial charge in [0.15, 0.2) is 17.3 Å². The molecule has 2 aromatic carbocycles. The van der Waals surface area contributed by atoms with E-state index in [1.807, 2.05) is 0 Å². The highest BCUT2D eigenvalue weighted by molar-refractivity contribution is 6.23. The van der Waals surface area contributed by atoms with Gasteiger partial charge in [0.05, 0.1) is 24.9 Å². The number of fused-ring (bicyclic) bond motifs is 3. The highest BCUT2D eigenvalue weighted by Crippen LogP contribution is 2.56. The van der Waals surface area contributed by atoms with Gasteiger partial charge in [0.1, 0.15) is 22.8 Å². The van der Waals surface area contributed by atoms with Crippen molar-refractivity contribution in [3.05, 3.63) is 70.0 Å². The van der Waals surface area contributed by atoms with Gasteiger partial charge in [-0.3, -0.25) is 24.0 Å². The van der Waals surface area contributed by atoms with E-state index in [1.54, 1.807) is 57.2 Å². The molecule has 13 nitrogen and oxygen atoms in total. The van der Waals surface area contributed by atoms with Crippen LogP contribution in [-0.2, 0) is 39.9 Å². The van der Waals surface area contributed by atoms with Gasteiger partial charge in [-0.05, 0) is 42.9 Å². The van der Waals surface area contributed by atoms with Crippen LogP contribution in [0.15, 0.2) is 53.3 Å². The summed E-state index contributed by atoms with van der Waals surface area (Å²) < 4.78 is 10.1. The Labute approximate surface area is 268 Å². The summed E-state index contributed by atoms with van der Waals surface area (Å²) in [5, 5.41) is 56.7. The molecule has 2 aromatic rings. The van der Waals surface area contributed by atoms with Crippen molar-refractivity contribution in [1.29, 1.82) is 0 Å². The monoisotopic (exact) mass is 649 g/mol. The second-order valence-corrected chi connectivity index (χ2v) is 11.9. The molecule has 0 bridgehead atoms. The summed E-state index contributed by atoms with van der Waals surface area (Å²) in [5.41, 5.74) is 2.40. The Morgan fingerprint density at radius 1 is 0.979 bits per heavy atom. The maximum atomic E-state index is 13.9. The number of carbonyl (C=O) groups is 5. The number of amides is 1. The number of ketones is 2. The normalized spacial score (nSPS) is 25.2. The molecule has 0 aliphatic heterocycles. The summed E-state index contributed by atoms with van der Waals surface area (Å²) in [6, 6.07) is 9.73. The number of benzene rings is 2. The largest absolute Gasteiger partial charge is 0.508 e. The number of aliphatic hydroxyl groups excluding tert-OH is 3. The van der Waals surface area contributed by atoms with E-state index in [-0.39, 0.29) is 30.8 Å². The predicted octanol–water partition coefficient (Wildman–Crippen LogP) is 1.91. The highest BCUT2D eigenvalue weighted by Gasteiger charge is 2.64. The van der Waals surface area contributed by atoms with Gasteiger partial charge < -0.3 is 40.7 Å². The molecule has 5 rings (SSSR count). The van der Waals surface area contributed by atoms with Crippen molar-refractivity contribution in [2.45, 2.75) is 51.2 Å². The van der Waals surface area contributed by atoms with Gasteiger partial charge in [0.2, 0.25) is 5.78 Å². The topological polar surface area (TPSA) is 231 Å². The average molecular weight is 650 g/mol. The number of carbonyl (C=O) groups excluding carboxylic acids is 5. The van der Waals surface area contributed by atoms with Gasteiger partial charge in [-0.1, -0.05) is 43.3 Å². The zero-order valence-corrected chi connectivity index (χ0v) is 25.9. The molecular formula is C34H35NO12. The smallest absolute Gasteiger partial charge is 0.320 e. The first-order valence-electron chi connectivity index (χ1n) is 15.1. The van der Waals surface area contributed by atoms with Gasteiger partial charge in [-0.2, -0.15) is 0 Å². The van der Waals surface area contributed by atoms with E-state index in [0.717, 1.165) is 0 Å². The van der Waals surface area contributed by atoms with Crippen molar-refractivity contribution in [2.75, 3.05) is 13.2 Å². The molecule has 0 radical (unpaired) electrons. The Kier molecular flexibility index (Phi) is 8.73. The molecule has 0 saturated heterocycles. The van der Waals surface area contributed by atoms with Crippen LogP contribution < -0.4 is 5.73 Å². The zero-order chi connectivity index (χ0) is 34.5. The number of phenolic OH excluding ortho intramolecular Hbond substituents is 1. The maximum absolute atomic E-state index is 13.9. The Bertz CT molecular complexity index is 1740. The fourth-order valence-corrected chi connectivity index (χ4v) is 7.04. The van der Waals surface area contributed by atoms with Crippen LogP contribution in [0.4, 0.5) is 0 Å². The summed E-state index contributed by atoms with van der Waals surface area (Å²) >= 11 is 0. The summed E-state index contributed by atoms with van der Waals surface area (Å²) in [6.07, 6.45) is -2.28. The van der Waals surface area contributed by atoms with Crippen molar-refractivity contribution in [2.24, 2.45) is 23.5 Å². The second-order valence-electron chi connectivity index (χ2n) is 11.9. The lowest BCUT2D eigenvalue weighted by Crippen LogP contribution is -2.63. The second kappa shape index (κ2) is 12.3. The third-order valence-corrected chi connectivity index (χ3v) is 9.35. The van der Waals surface area contributed by atoms with Crippen molar-refractivity contribution in [3.63, 3.8) is 0 Å². The number of ether oxygens (including phenoxy) is 2. The van der Waals surface area contributed by atoms with Crippen molar-refractivity contribution in [3.8, 4) is 16.9 Å². The van der Waals surface area contributed by atoms with Crippen LogP contribution in [0, 0.1) is 17.8 Å². The van der Waals surface area contributed by atoms with Crippen molar-refractivity contribution < 1.29 is 59.0 Å². The van der Waals surface area contributed by atoms with Crippen molar-refractivity contribution >= 4 is 35.2 Å². The Hall–Kier alpha value is -5.01. The number of Topliss-reactive ketones (excluding diaryl/α,β-unsaturated/α-hetero) is 2. The van der Waals surface area contributed by atoms with E-state index in [0.29, 0.717) is 16.7 Å². The summed E-state index contributed by atoms with van der Waals surface area (Å²) in [7, 11) is 0. The van der Waals surface area contributed by atoms with E-state index in [9.17, 15) is 49.5 Å². The molecular weight excluding hydrogens is 614 g/mol. The molecule has 3 aliphatic carbocycles. The minimum Gasteiger partial charge on any atom is -0.508 e. The third kappa shape index (κ3) is 5.15. The number of hydrogen-bond acceptors (Lipinski definition) is 12. The molecule has 1 saturated carbocycles. The number of aromatic hydroxyl groups is 1. The van der Waals surface area contributed by atoms with Crippen LogP contribution in [0.1, 0.15) is 49.8 Å². The SMILES string of the molecule is CCOC(=O)C(Cc1ccc(-c2ccc3c(c2O)C(O)=C2C(=O)[C@]4(O)C(O)=C(C(N)=O)C(=O)C[C@@H]4[C@@H](O)[C@@H]2[C@H]3C)cc1)C(=O)OCC. The van der Waals surface area contributed by atoms with Gasteiger partial charge >= 0.3 is 11.9 Å². The molecule has 248 valence electrons. The first-order chi connectivity index (χ1) is 22.2. The zero-order valence-electron chi connectivity index (χ0n) is 25.9. The lowest BCUT2D eigenvalue weighted by atomic mass is 9.55. The summed E-state index contributed by atoms with van der Waals surface area (Å²) in [6.45, 7) is 5.06. The number of hydrogen-bond donors (Lipinski definition) is 6. The van der Waals surface area contributed by atoms with E-state index < -0.39 is 99.6 Å². The average Bonchev–Trinajstić information content (AvgIpc) is 3.02. The van der Waals surface area contributed by atoms with Crippen LogP contribution in [0.25, 0.3) is 16.9 Å². The first kappa shape index (κ1) is 33.4. The molecule has 0 heterocycles. The lowest BCUT2D eigenvalue weighted by molar-refractivity contribution is -0.162. The molecule has 7 N–H and O–H groups in total. The quantitative estimate of drug-likeness (QED) is 0.137. The minimum absolute atomic E-state index is 0.00139. The van der Waals surface area contributed by atoms with Gasteiger partial charge in [0, 0.05) is 29.4 Å². The molecule has 47 heavy (non-hydrogen) atoms. The Morgan fingerprint density at radius 3 is 2.13 bits per heavy atom. The van der Waals surface area contributed by atoms with Gasteiger partial charge in [-0.25, -0.2) is 0 Å². The fraction of sp³-hybridized carbons (Fsp3) is 0.382. The van der Waals surface area contributed by atoms with E-state index in [4.69, 9.17) is 15.2 Å². The summed E-state index contributed by atoms with van der Waals surface area (Å²) in [4.78, 5) is 63.3. The molecule has 13 heteroatoms. The molecule has 1 amide bonds. The van der Waals surface area contributed by atoms with Crippen LogP contribution in [0.3, 0.4) is 0 Å². The van der Waals surface area contributed by atoms with Gasteiger partial charge in [-0.15, -0.1) is 0 Å². The van der Waals surface area contributed by atoms with Crippen LogP contribution in [0.5, 0.6) is 5.75 Å². The number of rotatable bonds is 8. The summed E-state index contributed by atoms with van der Waals surface area (Å²) in [5.74, 6) is -12.0. The fourth-order valence-electron chi connectivity index (χ4n) is 7.04. The van der Waals surface area contributed by atoms with Gasteiger partial charge in [0.25, 0.3) is 5.91 Å². The molecule has 3 aliphatic rings. The molecule has 0 spiro atoms. The predicted molar refractivity (Wildman–Crippen MR) is 163 cm³/mol. The highest BCUT2D eigenvalue weighted by atomic mass is 16.6. The van der Waals surface area contributed by atoms with Crippen molar-refractivity contribution in [1.82, 2.24) is 0 Å². The number of esters is 2. The molecule has 0 aromatic heterocycles. The number of primary amides is 1. The first-order valence-corrected chi connectivity index (χ1v) is 15.1. The molecule has 0 unspecified atom stereocenters. The maximum Gasteiger partial charge on any atom is 0.320 e. The van der Waals surface area contributed by atoms with E-state index in [2.05, 4.69) is 0 Å². The Balaban J connectivity index is 1.55. The number of aliphatic hydroxyl groups is 4. The van der Waals surface area contributed by atoms with Crippen LogP contribution in [-0.4, -0.2) is 79.9 Å². The standard InChI is InChI=1S/C34H35NO12/c1-4-46-32(43)19(33(44)47-5-2)12-15-6-8-16(9-7-15)18-11-10-17-14(3)22-25(28(39)23(17)26(18)37)30(41)34(45)20(27(22)38)13-21(36)24(29(34)40)31(35)42/h6-11,14,19-20,22,27,37-40,45H,4-5,12-13H2,1-3H3,(H2,35,42)/t14-,20+,22+,27+,34+/m0/s1. The minimum atomic E-state index is -2.93. The van der Waals surface area contributed by atoms with E-state index in [1.165, 1.54) is 0 Å². The molecule has 5 atom stereocenters. The van der Waals surface area contributed by atoms with Crippen LogP contribution >= 0.6 is 0 Å². The molecule has 1 fully saturated rings. The number of phenols is 1.